The third-order valence-corrected chi connectivity index (χ3v) is 5.28. The van der Waals surface area contributed by atoms with Gasteiger partial charge < -0.3 is 5.11 Å². The van der Waals surface area contributed by atoms with Crippen molar-refractivity contribution in [1.29, 1.82) is 0 Å². The lowest BCUT2D eigenvalue weighted by molar-refractivity contribution is -0.136. The van der Waals surface area contributed by atoms with Crippen LogP contribution in [0.2, 0.25) is 10.0 Å². The molecule has 1 heterocycles. The highest BCUT2D eigenvalue weighted by Crippen LogP contribution is 2.27. The molecule has 0 saturated carbocycles. The molecule has 0 atom stereocenters. The number of nitrogens with zero attached hydrogens (tertiary/aromatic N) is 1. The van der Waals surface area contributed by atoms with Gasteiger partial charge in [-0.25, -0.2) is 13.4 Å². The maximum atomic E-state index is 12.2. The van der Waals surface area contributed by atoms with Gasteiger partial charge in [-0.3, -0.25) is 9.52 Å². The van der Waals surface area contributed by atoms with Crippen molar-refractivity contribution in [1.82, 2.24) is 4.98 Å². The van der Waals surface area contributed by atoms with Gasteiger partial charge in [-0.2, -0.15) is 0 Å². The molecule has 0 aliphatic rings. The second-order valence-electron chi connectivity index (χ2n) is 3.89. The second-order valence-corrected chi connectivity index (χ2v) is 7.25. The van der Waals surface area contributed by atoms with Crippen molar-refractivity contribution in [2.24, 2.45) is 0 Å². The van der Waals surface area contributed by atoms with Gasteiger partial charge in [-0.15, -0.1) is 11.3 Å². The van der Waals surface area contributed by atoms with Crippen LogP contribution in [0, 0.1) is 0 Å². The molecule has 0 spiro atoms. The van der Waals surface area contributed by atoms with Crippen molar-refractivity contribution < 1.29 is 18.3 Å². The molecule has 21 heavy (non-hydrogen) atoms. The summed E-state index contributed by atoms with van der Waals surface area (Å²) >= 11 is 12.6. The van der Waals surface area contributed by atoms with Crippen molar-refractivity contribution >= 4 is 55.7 Å². The number of benzene rings is 1. The van der Waals surface area contributed by atoms with E-state index in [-0.39, 0.29) is 32.2 Å². The predicted molar refractivity (Wildman–Crippen MR) is 80.7 cm³/mol. The predicted octanol–water partition coefficient (Wildman–Crippen LogP) is 2.88. The van der Waals surface area contributed by atoms with E-state index in [9.17, 15) is 13.2 Å². The van der Waals surface area contributed by atoms with Crippen LogP contribution in [-0.2, 0) is 21.2 Å². The molecule has 0 aliphatic heterocycles. The third-order valence-electron chi connectivity index (χ3n) is 2.29. The Balaban J connectivity index is 2.27. The zero-order valence-electron chi connectivity index (χ0n) is 10.2. The van der Waals surface area contributed by atoms with Crippen LogP contribution >= 0.6 is 34.5 Å². The van der Waals surface area contributed by atoms with Crippen molar-refractivity contribution in [3.05, 3.63) is 39.3 Å². The van der Waals surface area contributed by atoms with Crippen molar-refractivity contribution in [2.45, 2.75) is 11.3 Å². The van der Waals surface area contributed by atoms with Crippen LogP contribution in [0.3, 0.4) is 0 Å². The van der Waals surface area contributed by atoms with Crippen molar-refractivity contribution in [2.75, 3.05) is 4.72 Å². The molecule has 1 aromatic heterocycles. The topological polar surface area (TPSA) is 96.4 Å². The van der Waals surface area contributed by atoms with E-state index in [0.717, 1.165) is 11.3 Å². The quantitative estimate of drug-likeness (QED) is 0.847. The Morgan fingerprint density at radius 3 is 2.76 bits per heavy atom. The first kappa shape index (κ1) is 16.0. The van der Waals surface area contributed by atoms with Gasteiger partial charge in [0.2, 0.25) is 0 Å². The molecule has 2 rings (SSSR count). The largest absolute Gasteiger partial charge is 0.481 e. The number of nitrogens with one attached hydrogen (secondary N) is 1. The molecule has 0 bridgehead atoms. The van der Waals surface area contributed by atoms with E-state index in [4.69, 9.17) is 28.3 Å². The van der Waals surface area contributed by atoms with Gasteiger partial charge in [0.05, 0.1) is 17.1 Å². The molecule has 112 valence electrons. The average Bonchev–Trinajstić information content (AvgIpc) is 2.77. The Hall–Kier alpha value is -1.35. The fraction of sp³-hybridized carbons (Fsp3) is 0.0909. The van der Waals surface area contributed by atoms with Crippen LogP contribution in [0.15, 0.2) is 28.5 Å². The molecule has 2 aromatic rings. The first-order valence-corrected chi connectivity index (χ1v) is 8.54. The molecular formula is C11H8Cl2N2O4S2. The lowest BCUT2D eigenvalue weighted by Crippen LogP contribution is -2.13. The molecule has 0 radical (unpaired) electrons. The molecular weight excluding hydrogens is 359 g/mol. The summed E-state index contributed by atoms with van der Waals surface area (Å²) in [6.07, 6.45) is -0.282. The summed E-state index contributed by atoms with van der Waals surface area (Å²) in [6.45, 7) is 0. The Labute approximate surface area is 134 Å². The number of thiazole rings is 1. The van der Waals surface area contributed by atoms with Gasteiger partial charge in [0.25, 0.3) is 10.0 Å². The highest BCUT2D eigenvalue weighted by atomic mass is 35.5. The molecule has 0 amide bonds. The van der Waals surface area contributed by atoms with Gasteiger partial charge in [-0.1, -0.05) is 23.2 Å². The van der Waals surface area contributed by atoms with Crippen LogP contribution in [0.5, 0.6) is 0 Å². The standard InChI is InChI=1S/C11H8Cl2N2O4S2/c12-6-1-2-8(13)9(3-6)21(18,19)15-11-14-7(5-20-11)4-10(16)17/h1-3,5H,4H2,(H,14,15)(H,16,17). The minimum atomic E-state index is -3.95. The van der Waals surface area contributed by atoms with E-state index >= 15 is 0 Å². The van der Waals surface area contributed by atoms with E-state index in [1.165, 1.54) is 23.6 Å². The van der Waals surface area contributed by atoms with Crippen molar-refractivity contribution in [3.63, 3.8) is 0 Å². The number of carboxylic acid groups (broad SMARTS) is 1. The van der Waals surface area contributed by atoms with E-state index in [0.29, 0.717) is 0 Å². The fourth-order valence-electron chi connectivity index (χ4n) is 1.44. The number of carboxylic acids is 1. The summed E-state index contributed by atoms with van der Waals surface area (Å²) in [5.41, 5.74) is 0.266. The van der Waals surface area contributed by atoms with E-state index in [1.54, 1.807) is 0 Å². The number of aromatic nitrogens is 1. The molecule has 10 heteroatoms. The number of halogens is 2. The molecule has 0 aliphatic carbocycles. The Kier molecular flexibility index (Phi) is 4.72. The highest BCUT2D eigenvalue weighted by Gasteiger charge is 2.20. The monoisotopic (exact) mass is 366 g/mol. The smallest absolute Gasteiger partial charge is 0.309 e. The van der Waals surface area contributed by atoms with Gasteiger partial charge in [0.15, 0.2) is 5.13 Å². The van der Waals surface area contributed by atoms with E-state index in [2.05, 4.69) is 9.71 Å². The summed E-state index contributed by atoms with van der Waals surface area (Å²) in [5.74, 6) is -1.05. The SMILES string of the molecule is O=C(O)Cc1csc(NS(=O)(=O)c2cc(Cl)ccc2Cl)n1. The van der Waals surface area contributed by atoms with E-state index < -0.39 is 16.0 Å². The molecule has 0 fully saturated rings. The van der Waals surface area contributed by atoms with Gasteiger partial charge >= 0.3 is 5.97 Å². The second kappa shape index (κ2) is 6.18. The number of sulfonamides is 1. The van der Waals surface area contributed by atoms with Crippen LogP contribution in [0.1, 0.15) is 5.69 Å². The number of aliphatic carboxylic acids is 1. The Morgan fingerprint density at radius 2 is 2.10 bits per heavy atom. The highest BCUT2D eigenvalue weighted by molar-refractivity contribution is 7.93. The molecule has 0 unspecified atom stereocenters. The number of hydrogen-bond donors (Lipinski definition) is 2. The Bertz CT molecular complexity index is 789. The average molecular weight is 367 g/mol. The molecule has 1 aromatic carbocycles. The summed E-state index contributed by atoms with van der Waals surface area (Å²) in [4.78, 5) is 14.3. The summed E-state index contributed by atoms with van der Waals surface area (Å²) in [5, 5.41) is 10.4. The summed E-state index contributed by atoms with van der Waals surface area (Å²) in [7, 11) is -3.95. The van der Waals surface area contributed by atoms with E-state index in [1.807, 2.05) is 0 Å². The molecule has 0 saturated heterocycles. The van der Waals surface area contributed by atoms with Gasteiger partial charge in [0, 0.05) is 10.4 Å². The van der Waals surface area contributed by atoms with Gasteiger partial charge in [0.1, 0.15) is 4.90 Å². The van der Waals surface area contributed by atoms with Crippen LogP contribution in [0.4, 0.5) is 5.13 Å². The number of carbonyl (C=O) groups is 1. The minimum Gasteiger partial charge on any atom is -0.481 e. The zero-order chi connectivity index (χ0) is 15.6. The lowest BCUT2D eigenvalue weighted by Gasteiger charge is -2.07. The number of anilines is 1. The van der Waals surface area contributed by atoms with Gasteiger partial charge in [-0.05, 0) is 18.2 Å². The molecule has 2 N–H and O–H groups in total. The number of rotatable bonds is 5. The number of hydrogen-bond acceptors (Lipinski definition) is 5. The Morgan fingerprint density at radius 1 is 1.38 bits per heavy atom. The normalized spacial score (nSPS) is 11.3. The fourth-order valence-corrected chi connectivity index (χ4v) is 4.17. The zero-order valence-corrected chi connectivity index (χ0v) is 13.4. The maximum absolute atomic E-state index is 12.2. The first-order chi connectivity index (χ1) is 9.78. The van der Waals surface area contributed by atoms with Crippen LogP contribution in [0.25, 0.3) is 0 Å². The van der Waals surface area contributed by atoms with Crippen LogP contribution in [-0.4, -0.2) is 24.5 Å². The van der Waals surface area contributed by atoms with Crippen molar-refractivity contribution in [3.8, 4) is 0 Å². The maximum Gasteiger partial charge on any atom is 0.309 e. The third kappa shape index (κ3) is 4.07. The summed E-state index contributed by atoms with van der Waals surface area (Å²) < 4.78 is 26.6. The minimum absolute atomic E-state index is 0.0224. The first-order valence-electron chi connectivity index (χ1n) is 5.42. The summed E-state index contributed by atoms with van der Waals surface area (Å²) in [6, 6.07) is 4.06. The lowest BCUT2D eigenvalue weighted by atomic mass is 10.3. The molecule has 6 nitrogen and oxygen atoms in total. The van der Waals surface area contributed by atoms with Crippen LogP contribution < -0.4 is 4.72 Å².